The van der Waals surface area contributed by atoms with Crippen LogP contribution in [0.1, 0.15) is 25.0 Å². The normalized spacial score (nSPS) is 12.1. The van der Waals surface area contributed by atoms with Gasteiger partial charge in [0.25, 0.3) is 10.0 Å². The van der Waals surface area contributed by atoms with Crippen molar-refractivity contribution in [2.75, 3.05) is 17.4 Å². The molecule has 0 saturated heterocycles. The molecule has 0 fully saturated rings. The highest BCUT2D eigenvalue weighted by Crippen LogP contribution is 2.27. The molecule has 202 valence electrons. The number of amides is 2. The fraction of sp³-hybridized carbons (Fsp3) is 0.259. The third kappa shape index (κ3) is 7.03. The zero-order chi connectivity index (χ0) is 28.0. The maximum absolute atomic E-state index is 13.8. The van der Waals surface area contributed by atoms with Gasteiger partial charge in [-0.3, -0.25) is 13.9 Å². The van der Waals surface area contributed by atoms with E-state index in [4.69, 9.17) is 23.2 Å². The molecular weight excluding hydrogens is 552 g/mol. The van der Waals surface area contributed by atoms with Gasteiger partial charge in [0.15, 0.2) is 0 Å². The third-order valence-corrected chi connectivity index (χ3v) is 8.25. The summed E-state index contributed by atoms with van der Waals surface area (Å²) in [7, 11) is -4.24. The molecule has 11 heteroatoms. The number of carbonyl (C=O) groups excluding carboxylic acids is 2. The Balaban J connectivity index is 2.04. The van der Waals surface area contributed by atoms with Crippen molar-refractivity contribution in [2.45, 2.75) is 38.3 Å². The highest BCUT2D eigenvalue weighted by atomic mass is 35.5. The van der Waals surface area contributed by atoms with Crippen LogP contribution in [0.4, 0.5) is 10.1 Å². The lowest BCUT2D eigenvalue weighted by Crippen LogP contribution is -2.51. The zero-order valence-electron chi connectivity index (χ0n) is 21.1. The summed E-state index contributed by atoms with van der Waals surface area (Å²) in [6.07, 6.45) is 0. The molecule has 7 nitrogen and oxygen atoms in total. The number of halogens is 3. The van der Waals surface area contributed by atoms with E-state index < -0.39 is 40.2 Å². The van der Waals surface area contributed by atoms with Crippen LogP contribution in [0.25, 0.3) is 0 Å². The number of hydrogen-bond acceptors (Lipinski definition) is 4. The van der Waals surface area contributed by atoms with Gasteiger partial charge in [-0.15, -0.1) is 0 Å². The predicted octanol–water partition coefficient (Wildman–Crippen LogP) is 5.19. The molecule has 2 amide bonds. The first kappa shape index (κ1) is 29.4. The smallest absolute Gasteiger partial charge is 0.264 e. The van der Waals surface area contributed by atoms with Gasteiger partial charge in [0.05, 0.1) is 10.6 Å². The topological polar surface area (TPSA) is 86.8 Å². The van der Waals surface area contributed by atoms with Crippen LogP contribution in [0.15, 0.2) is 71.6 Å². The van der Waals surface area contributed by atoms with E-state index in [1.807, 2.05) is 6.92 Å². The number of benzene rings is 3. The Kier molecular flexibility index (Phi) is 9.76. The molecule has 0 heterocycles. The van der Waals surface area contributed by atoms with Crippen molar-refractivity contribution in [1.82, 2.24) is 10.2 Å². The second-order valence-corrected chi connectivity index (χ2v) is 11.3. The minimum absolute atomic E-state index is 0.0377. The molecule has 0 aliphatic heterocycles. The molecule has 0 bridgehead atoms. The maximum atomic E-state index is 13.8. The Morgan fingerprint density at radius 3 is 2.21 bits per heavy atom. The molecule has 1 atom stereocenters. The fourth-order valence-corrected chi connectivity index (χ4v) is 5.59. The lowest BCUT2D eigenvalue weighted by molar-refractivity contribution is -0.139. The number of sulfonamides is 1. The third-order valence-electron chi connectivity index (χ3n) is 5.88. The summed E-state index contributed by atoms with van der Waals surface area (Å²) >= 11 is 12.3. The quantitative estimate of drug-likeness (QED) is 0.358. The monoisotopic (exact) mass is 579 g/mol. The highest BCUT2D eigenvalue weighted by Gasteiger charge is 2.32. The summed E-state index contributed by atoms with van der Waals surface area (Å²) in [5.74, 6) is -1.63. The lowest BCUT2D eigenvalue weighted by Gasteiger charge is -2.32. The van der Waals surface area contributed by atoms with E-state index in [0.29, 0.717) is 22.2 Å². The van der Waals surface area contributed by atoms with Gasteiger partial charge < -0.3 is 10.2 Å². The Labute approximate surface area is 232 Å². The van der Waals surface area contributed by atoms with Crippen LogP contribution in [0.3, 0.4) is 0 Å². The number of anilines is 1. The van der Waals surface area contributed by atoms with E-state index >= 15 is 0 Å². The maximum Gasteiger partial charge on any atom is 0.264 e. The SMILES string of the molecule is CCNC(=O)[C@H](C)N(Cc1ccc(Cl)cc1Cl)C(=O)CN(c1ccc(F)cc1)S(=O)(=O)c1ccc(C)cc1. The summed E-state index contributed by atoms with van der Waals surface area (Å²) in [5, 5.41) is 3.38. The van der Waals surface area contributed by atoms with Crippen molar-refractivity contribution in [3.05, 3.63) is 93.7 Å². The minimum Gasteiger partial charge on any atom is -0.355 e. The minimum atomic E-state index is -4.24. The first-order chi connectivity index (χ1) is 17.9. The zero-order valence-corrected chi connectivity index (χ0v) is 23.4. The van der Waals surface area contributed by atoms with Crippen molar-refractivity contribution in [3.63, 3.8) is 0 Å². The van der Waals surface area contributed by atoms with Gasteiger partial charge in [0.1, 0.15) is 18.4 Å². The molecule has 0 spiro atoms. The van der Waals surface area contributed by atoms with Crippen LogP contribution >= 0.6 is 23.2 Å². The summed E-state index contributed by atoms with van der Waals surface area (Å²) in [4.78, 5) is 27.7. The molecule has 38 heavy (non-hydrogen) atoms. The van der Waals surface area contributed by atoms with Gasteiger partial charge in [0, 0.05) is 23.1 Å². The number of aryl methyl sites for hydroxylation is 1. The Bertz CT molecular complexity index is 1400. The fourth-order valence-electron chi connectivity index (χ4n) is 3.71. The number of nitrogens with one attached hydrogen (secondary N) is 1. The first-order valence-electron chi connectivity index (χ1n) is 11.8. The Morgan fingerprint density at radius 1 is 1.00 bits per heavy atom. The average Bonchev–Trinajstić information content (AvgIpc) is 2.87. The van der Waals surface area contributed by atoms with Gasteiger partial charge >= 0.3 is 0 Å². The molecule has 0 radical (unpaired) electrons. The number of hydrogen-bond donors (Lipinski definition) is 1. The largest absolute Gasteiger partial charge is 0.355 e. The molecule has 0 aliphatic carbocycles. The summed E-state index contributed by atoms with van der Waals surface area (Å²) in [5.41, 5.74) is 1.47. The van der Waals surface area contributed by atoms with E-state index in [-0.39, 0.29) is 17.1 Å². The molecule has 3 rings (SSSR count). The molecule has 0 aliphatic rings. The molecular formula is C27H28Cl2FN3O4S. The van der Waals surface area contributed by atoms with Gasteiger partial charge in [-0.25, -0.2) is 12.8 Å². The highest BCUT2D eigenvalue weighted by molar-refractivity contribution is 7.92. The molecule has 1 N–H and O–H groups in total. The predicted molar refractivity (Wildman–Crippen MR) is 147 cm³/mol. The average molecular weight is 581 g/mol. The first-order valence-corrected chi connectivity index (χ1v) is 14.0. The van der Waals surface area contributed by atoms with Crippen LogP contribution in [0.2, 0.25) is 10.0 Å². The van der Waals surface area contributed by atoms with Crippen LogP contribution in [-0.2, 0) is 26.2 Å². The van der Waals surface area contributed by atoms with Gasteiger partial charge in [-0.1, -0.05) is 47.0 Å². The van der Waals surface area contributed by atoms with E-state index in [1.165, 1.54) is 35.2 Å². The van der Waals surface area contributed by atoms with Crippen LogP contribution in [0.5, 0.6) is 0 Å². The number of carbonyl (C=O) groups is 2. The van der Waals surface area contributed by atoms with Gasteiger partial charge in [0.2, 0.25) is 11.8 Å². The van der Waals surface area contributed by atoms with Crippen molar-refractivity contribution < 1.29 is 22.4 Å². The number of likely N-dealkylation sites (N-methyl/N-ethyl adjacent to an activating group) is 1. The van der Waals surface area contributed by atoms with E-state index in [0.717, 1.165) is 22.0 Å². The molecule has 3 aromatic carbocycles. The second-order valence-electron chi connectivity index (χ2n) is 8.63. The van der Waals surface area contributed by atoms with Crippen LogP contribution in [-0.4, -0.2) is 44.3 Å². The van der Waals surface area contributed by atoms with Gasteiger partial charge in [-0.05, 0) is 74.9 Å². The summed E-state index contributed by atoms with van der Waals surface area (Å²) in [6.45, 7) is 4.74. The lowest BCUT2D eigenvalue weighted by atomic mass is 10.1. The van der Waals surface area contributed by atoms with Crippen LogP contribution < -0.4 is 9.62 Å². The van der Waals surface area contributed by atoms with Crippen molar-refractivity contribution in [1.29, 1.82) is 0 Å². The molecule has 0 aromatic heterocycles. The van der Waals surface area contributed by atoms with Crippen molar-refractivity contribution in [2.24, 2.45) is 0 Å². The van der Waals surface area contributed by atoms with Crippen LogP contribution in [0, 0.1) is 12.7 Å². The summed E-state index contributed by atoms with van der Waals surface area (Å²) in [6, 6.07) is 14.8. The number of nitrogens with zero attached hydrogens (tertiary/aromatic N) is 2. The van der Waals surface area contributed by atoms with E-state index in [9.17, 15) is 22.4 Å². The van der Waals surface area contributed by atoms with E-state index in [2.05, 4.69) is 5.32 Å². The Hall–Kier alpha value is -3.14. The number of rotatable bonds is 10. The van der Waals surface area contributed by atoms with Gasteiger partial charge in [-0.2, -0.15) is 0 Å². The van der Waals surface area contributed by atoms with Crippen molar-refractivity contribution in [3.8, 4) is 0 Å². The Morgan fingerprint density at radius 2 is 1.63 bits per heavy atom. The summed E-state index contributed by atoms with van der Waals surface area (Å²) < 4.78 is 42.0. The van der Waals surface area contributed by atoms with E-state index in [1.54, 1.807) is 38.1 Å². The standard InChI is InChI=1S/C27H28Cl2FN3O4S/c1-4-31-27(35)19(3)32(16-20-7-8-21(28)15-25(20)29)26(34)17-33(23-11-9-22(30)10-12-23)38(36,37)24-13-5-18(2)6-14-24/h5-15,19H,4,16-17H2,1-3H3,(H,31,35)/t19-/m0/s1. The molecule has 0 saturated carbocycles. The second kappa shape index (κ2) is 12.6. The molecule has 0 unspecified atom stereocenters. The molecule has 3 aromatic rings. The van der Waals surface area contributed by atoms with Crippen molar-refractivity contribution >= 4 is 50.7 Å².